The molecular formula is C36H70O16. The molecule has 16 nitrogen and oxygen atoms in total. The van der Waals surface area contributed by atoms with E-state index in [1.807, 2.05) is 0 Å². The van der Waals surface area contributed by atoms with Crippen LogP contribution < -0.4 is 0 Å². The maximum Gasteiger partial charge on any atom is 0.307 e. The fourth-order valence-corrected chi connectivity index (χ4v) is 3.94. The average Bonchev–Trinajstić information content (AvgIpc) is 3.15. The number of carbonyl (C=O) groups excluding carboxylic acids is 2. The van der Waals surface area contributed by atoms with Crippen molar-refractivity contribution in [2.45, 2.75) is 51.9 Å². The zero-order valence-electron chi connectivity index (χ0n) is 32.2. The van der Waals surface area contributed by atoms with Crippen molar-refractivity contribution in [1.29, 1.82) is 0 Å². The molecule has 0 spiro atoms. The van der Waals surface area contributed by atoms with Crippen LogP contribution in [-0.4, -0.2) is 184 Å². The summed E-state index contributed by atoms with van der Waals surface area (Å²) in [6, 6.07) is 0. The van der Waals surface area contributed by atoms with Crippen molar-refractivity contribution in [3.63, 3.8) is 0 Å². The topological polar surface area (TPSA) is 163 Å². The molecule has 16 heteroatoms. The summed E-state index contributed by atoms with van der Waals surface area (Å²) in [6.07, 6.45) is 6.29. The number of methoxy groups -OCH3 is 1. The molecule has 0 atom stereocenters. The van der Waals surface area contributed by atoms with Crippen LogP contribution in [0.3, 0.4) is 0 Å². The molecule has 0 fully saturated rings. The van der Waals surface area contributed by atoms with Gasteiger partial charge >= 0.3 is 11.9 Å². The molecule has 0 heterocycles. The molecule has 0 rings (SSSR count). The van der Waals surface area contributed by atoms with E-state index >= 15 is 0 Å². The molecule has 0 N–H and O–H groups in total. The van der Waals surface area contributed by atoms with Gasteiger partial charge in [0.25, 0.3) is 0 Å². The van der Waals surface area contributed by atoms with Crippen molar-refractivity contribution in [3.05, 3.63) is 0 Å². The van der Waals surface area contributed by atoms with E-state index in [4.69, 9.17) is 61.6 Å². The minimum absolute atomic E-state index is 0.151. The van der Waals surface area contributed by atoms with E-state index < -0.39 is 0 Å². The average molecular weight is 759 g/mol. The molecule has 0 unspecified atom stereocenters. The lowest BCUT2D eigenvalue weighted by Crippen LogP contribution is -2.16. The number of unbranched alkanes of at least 4 members (excludes halogenated alkanes) is 4. The Morgan fingerprint density at radius 1 is 0.308 bits per heavy atom. The fourth-order valence-electron chi connectivity index (χ4n) is 3.94. The summed E-state index contributed by atoms with van der Waals surface area (Å²) in [5, 5.41) is 0. The lowest BCUT2D eigenvalue weighted by Gasteiger charge is -2.09. The van der Waals surface area contributed by atoms with Gasteiger partial charge in [0.15, 0.2) is 0 Å². The van der Waals surface area contributed by atoms with Crippen LogP contribution in [0, 0.1) is 0 Å². The highest BCUT2D eigenvalue weighted by atomic mass is 16.6. The first kappa shape index (κ1) is 50.5. The lowest BCUT2D eigenvalue weighted by atomic mass is 10.1. The van der Waals surface area contributed by atoms with Gasteiger partial charge in [-0.05, 0) is 6.42 Å². The van der Waals surface area contributed by atoms with Crippen molar-refractivity contribution in [3.8, 4) is 0 Å². The Balaban J connectivity index is 3.09. The highest BCUT2D eigenvalue weighted by Gasteiger charge is 2.03. The predicted octanol–water partition coefficient (Wildman–Crippen LogP) is 2.65. The van der Waals surface area contributed by atoms with Crippen molar-refractivity contribution in [2.24, 2.45) is 0 Å². The Morgan fingerprint density at radius 2 is 0.577 bits per heavy atom. The zero-order valence-corrected chi connectivity index (χ0v) is 32.2. The number of esters is 2. The third-order valence-electron chi connectivity index (χ3n) is 6.75. The second-order valence-corrected chi connectivity index (χ2v) is 11.1. The molecule has 0 radical (unpaired) electrons. The Bertz CT molecular complexity index is 718. The molecule has 310 valence electrons. The predicted molar refractivity (Wildman–Crippen MR) is 191 cm³/mol. The quantitative estimate of drug-likeness (QED) is 0.0657. The van der Waals surface area contributed by atoms with Gasteiger partial charge in [0, 0.05) is 6.42 Å². The molecule has 0 aliphatic carbocycles. The number of hydrogen-bond donors (Lipinski definition) is 0. The van der Waals surface area contributed by atoms with E-state index in [0.717, 1.165) is 12.8 Å². The molecule has 0 aliphatic rings. The smallest absolute Gasteiger partial charge is 0.307 e. The minimum Gasteiger partial charge on any atom is -0.469 e. The number of rotatable bonds is 45. The van der Waals surface area contributed by atoms with Crippen LogP contribution >= 0.6 is 0 Å². The van der Waals surface area contributed by atoms with Crippen molar-refractivity contribution in [2.75, 3.05) is 172 Å². The summed E-state index contributed by atoms with van der Waals surface area (Å²) < 4.78 is 74.9. The van der Waals surface area contributed by atoms with E-state index in [1.165, 1.54) is 26.4 Å². The second kappa shape index (κ2) is 45.6. The first-order chi connectivity index (χ1) is 25.7. The third kappa shape index (κ3) is 44.6. The van der Waals surface area contributed by atoms with Gasteiger partial charge in [-0.3, -0.25) is 9.59 Å². The van der Waals surface area contributed by atoms with Gasteiger partial charge in [0.05, 0.1) is 172 Å². The normalized spacial score (nSPS) is 11.3. The summed E-state index contributed by atoms with van der Waals surface area (Å²) >= 11 is 0. The second-order valence-electron chi connectivity index (χ2n) is 11.1. The van der Waals surface area contributed by atoms with Crippen LogP contribution in [-0.2, 0) is 75.9 Å². The largest absolute Gasteiger partial charge is 0.469 e. The summed E-state index contributed by atoms with van der Waals surface area (Å²) in [4.78, 5) is 22.5. The Hall–Kier alpha value is -1.54. The van der Waals surface area contributed by atoms with Crippen LogP contribution in [0.5, 0.6) is 0 Å². The Labute approximate surface area is 311 Å². The van der Waals surface area contributed by atoms with Crippen molar-refractivity contribution >= 4 is 11.9 Å². The van der Waals surface area contributed by atoms with Crippen LogP contribution in [0.4, 0.5) is 0 Å². The first-order valence-electron chi connectivity index (χ1n) is 18.9. The summed E-state index contributed by atoms with van der Waals surface area (Å²) in [5.41, 5.74) is 0. The van der Waals surface area contributed by atoms with Crippen molar-refractivity contribution in [1.82, 2.24) is 0 Å². The molecule has 0 aromatic carbocycles. The zero-order chi connectivity index (χ0) is 37.7. The molecule has 0 aromatic rings. The minimum atomic E-state index is -0.289. The third-order valence-corrected chi connectivity index (χ3v) is 6.75. The number of ether oxygens (including phenoxy) is 14. The van der Waals surface area contributed by atoms with E-state index in [1.54, 1.807) is 0 Å². The summed E-state index contributed by atoms with van der Waals surface area (Å²) in [7, 11) is 1.35. The lowest BCUT2D eigenvalue weighted by molar-refractivity contribution is -0.145. The monoisotopic (exact) mass is 758 g/mol. The van der Waals surface area contributed by atoms with Gasteiger partial charge in [-0.1, -0.05) is 32.6 Å². The van der Waals surface area contributed by atoms with E-state index in [2.05, 4.69) is 11.7 Å². The molecule has 52 heavy (non-hydrogen) atoms. The van der Waals surface area contributed by atoms with Gasteiger partial charge in [-0.2, -0.15) is 0 Å². The van der Waals surface area contributed by atoms with Crippen LogP contribution in [0.15, 0.2) is 0 Å². The molecule has 0 amide bonds. The highest BCUT2D eigenvalue weighted by Crippen LogP contribution is 2.05. The van der Waals surface area contributed by atoms with E-state index in [-0.39, 0.29) is 25.0 Å². The van der Waals surface area contributed by atoms with Crippen LogP contribution in [0.2, 0.25) is 0 Å². The number of hydrogen-bond acceptors (Lipinski definition) is 16. The van der Waals surface area contributed by atoms with Crippen LogP contribution in [0.1, 0.15) is 51.9 Å². The Morgan fingerprint density at radius 3 is 0.865 bits per heavy atom. The van der Waals surface area contributed by atoms with Gasteiger partial charge in [-0.15, -0.1) is 0 Å². The van der Waals surface area contributed by atoms with Gasteiger partial charge in [-0.25, -0.2) is 0 Å². The highest BCUT2D eigenvalue weighted by molar-refractivity contribution is 5.69. The van der Waals surface area contributed by atoms with Gasteiger partial charge in [0.1, 0.15) is 6.61 Å². The fraction of sp³-hybridized carbons (Fsp3) is 0.944. The molecule has 0 aliphatic heterocycles. The van der Waals surface area contributed by atoms with E-state index in [9.17, 15) is 9.59 Å². The van der Waals surface area contributed by atoms with Gasteiger partial charge in [0.2, 0.25) is 0 Å². The first-order valence-corrected chi connectivity index (χ1v) is 18.9. The van der Waals surface area contributed by atoms with Crippen LogP contribution in [0.25, 0.3) is 0 Å². The molecule has 0 saturated heterocycles. The standard InChI is InChI=1S/C36H70O16/c1-3-4-5-6-7-8-36(38)52-34-33-51-32-31-50-30-29-49-28-27-48-26-25-47-24-23-46-22-21-45-20-19-44-18-17-43-16-15-42-14-13-41-12-11-40-10-9-35(37)39-2/h3-34H2,1-2H3. The maximum atomic E-state index is 11.6. The van der Waals surface area contributed by atoms with Crippen molar-refractivity contribution < 1.29 is 75.9 Å². The molecule has 0 bridgehead atoms. The van der Waals surface area contributed by atoms with Gasteiger partial charge < -0.3 is 66.3 Å². The molecular weight excluding hydrogens is 688 g/mol. The molecule has 0 saturated carbocycles. The summed E-state index contributed by atoms with van der Waals surface area (Å²) in [6.45, 7) is 13.7. The Kier molecular flexibility index (Phi) is 44.3. The number of carbonyl (C=O) groups is 2. The SMILES string of the molecule is CCCCCCCC(=O)OCCOCCOCCOCCOCCOCCOCCOCCOCCOCCOCCOCCOCCC(=O)OC. The molecule has 0 aromatic heterocycles. The summed E-state index contributed by atoms with van der Waals surface area (Å²) in [5.74, 6) is -0.440. The maximum absolute atomic E-state index is 11.6. The van der Waals surface area contributed by atoms with E-state index in [0.29, 0.717) is 165 Å².